The van der Waals surface area contributed by atoms with E-state index in [9.17, 15) is 4.79 Å². The summed E-state index contributed by atoms with van der Waals surface area (Å²) in [6.07, 6.45) is 3.71. The Kier molecular flexibility index (Phi) is 3.93. The maximum atomic E-state index is 11.7. The van der Waals surface area contributed by atoms with E-state index in [1.165, 1.54) is 6.21 Å². The van der Waals surface area contributed by atoms with Gasteiger partial charge >= 0.3 is 6.09 Å². The first-order valence-electron chi connectivity index (χ1n) is 5.27. The molecule has 0 aromatic carbocycles. The van der Waals surface area contributed by atoms with Crippen LogP contribution in [0.3, 0.4) is 0 Å². The van der Waals surface area contributed by atoms with Crippen LogP contribution in [0.15, 0.2) is 16.8 Å². The Bertz CT molecular complexity index is 316. The summed E-state index contributed by atoms with van der Waals surface area (Å²) in [5, 5.41) is 11.4. The molecule has 1 heterocycles. The average Bonchev–Trinajstić information content (AvgIpc) is 2.16. The number of oxime groups is 1. The lowest BCUT2D eigenvalue weighted by Crippen LogP contribution is -2.40. The van der Waals surface area contributed by atoms with Crippen molar-refractivity contribution in [2.75, 3.05) is 13.1 Å². The molecule has 5 nitrogen and oxygen atoms in total. The third-order valence-electron chi connectivity index (χ3n) is 2.05. The van der Waals surface area contributed by atoms with Crippen molar-refractivity contribution in [1.29, 1.82) is 0 Å². The number of nitrogens with zero attached hydrogens (tertiary/aromatic N) is 2. The summed E-state index contributed by atoms with van der Waals surface area (Å²) in [6.45, 7) is 6.57. The lowest BCUT2D eigenvalue weighted by Gasteiger charge is -2.29. The van der Waals surface area contributed by atoms with Crippen molar-refractivity contribution >= 4 is 12.3 Å². The van der Waals surface area contributed by atoms with Gasteiger partial charge in [-0.2, -0.15) is 0 Å². The largest absolute Gasteiger partial charge is 0.444 e. The first-order chi connectivity index (χ1) is 7.42. The third kappa shape index (κ3) is 3.92. The average molecular weight is 226 g/mol. The van der Waals surface area contributed by atoms with Crippen LogP contribution in [0, 0.1) is 0 Å². The molecule has 0 radical (unpaired) electrons. The van der Waals surface area contributed by atoms with Crippen molar-refractivity contribution in [3.63, 3.8) is 0 Å². The van der Waals surface area contributed by atoms with Gasteiger partial charge in [-0.1, -0.05) is 11.2 Å². The van der Waals surface area contributed by atoms with E-state index in [2.05, 4.69) is 5.16 Å². The summed E-state index contributed by atoms with van der Waals surface area (Å²) in [4.78, 5) is 13.3. The molecule has 1 amide bonds. The van der Waals surface area contributed by atoms with Gasteiger partial charge in [0.2, 0.25) is 0 Å². The molecule has 5 heteroatoms. The van der Waals surface area contributed by atoms with Crippen LogP contribution >= 0.6 is 0 Å². The minimum absolute atomic E-state index is 0.329. The zero-order valence-corrected chi connectivity index (χ0v) is 9.93. The number of carbonyl (C=O) groups excluding carboxylic acids is 1. The molecule has 0 unspecified atom stereocenters. The van der Waals surface area contributed by atoms with E-state index in [4.69, 9.17) is 9.94 Å². The number of rotatable bonds is 1. The molecular weight excluding hydrogens is 208 g/mol. The number of ether oxygens (including phenoxy) is 1. The maximum Gasteiger partial charge on any atom is 0.410 e. The molecule has 0 aliphatic carbocycles. The van der Waals surface area contributed by atoms with Crippen LogP contribution in [-0.2, 0) is 4.74 Å². The fraction of sp³-hybridized carbons (Fsp3) is 0.636. The molecule has 0 aromatic heterocycles. The zero-order valence-electron chi connectivity index (χ0n) is 9.93. The summed E-state index contributed by atoms with van der Waals surface area (Å²) in [6, 6.07) is 0. The summed E-state index contributed by atoms with van der Waals surface area (Å²) >= 11 is 0. The van der Waals surface area contributed by atoms with Gasteiger partial charge in [0.05, 0.1) is 12.8 Å². The van der Waals surface area contributed by atoms with Crippen molar-refractivity contribution in [3.8, 4) is 0 Å². The fourth-order valence-corrected chi connectivity index (χ4v) is 1.42. The highest BCUT2D eigenvalue weighted by Gasteiger charge is 2.23. The van der Waals surface area contributed by atoms with Gasteiger partial charge in [-0.05, 0) is 32.8 Å². The fourth-order valence-electron chi connectivity index (χ4n) is 1.42. The second kappa shape index (κ2) is 5.01. The van der Waals surface area contributed by atoms with Gasteiger partial charge < -0.3 is 14.8 Å². The summed E-state index contributed by atoms with van der Waals surface area (Å²) in [5.41, 5.74) is 0.336. The van der Waals surface area contributed by atoms with Gasteiger partial charge in [-0.3, -0.25) is 0 Å². The topological polar surface area (TPSA) is 62.1 Å². The normalized spacial score (nSPS) is 17.4. The number of hydrogen-bond acceptors (Lipinski definition) is 4. The summed E-state index contributed by atoms with van der Waals surface area (Å²) < 4.78 is 5.26. The highest BCUT2D eigenvalue weighted by molar-refractivity contribution is 5.80. The SMILES string of the molecule is CC(C)(C)OC(=O)N1CCC=C(C=NO)C1. The van der Waals surface area contributed by atoms with Crippen LogP contribution in [0.4, 0.5) is 4.79 Å². The van der Waals surface area contributed by atoms with Gasteiger partial charge in [0.25, 0.3) is 0 Å². The van der Waals surface area contributed by atoms with E-state index in [0.29, 0.717) is 13.1 Å². The Hall–Kier alpha value is -1.52. The van der Waals surface area contributed by atoms with Crippen LogP contribution < -0.4 is 0 Å². The molecule has 1 N–H and O–H groups in total. The molecule has 1 aliphatic rings. The first kappa shape index (κ1) is 12.5. The van der Waals surface area contributed by atoms with Crippen LogP contribution in [0.2, 0.25) is 0 Å². The maximum absolute atomic E-state index is 11.7. The molecule has 0 bridgehead atoms. The predicted octanol–water partition coefficient (Wildman–Crippen LogP) is 2.01. The minimum Gasteiger partial charge on any atom is -0.444 e. The van der Waals surface area contributed by atoms with E-state index >= 15 is 0 Å². The van der Waals surface area contributed by atoms with Gasteiger partial charge in [-0.15, -0.1) is 0 Å². The Morgan fingerprint density at radius 3 is 2.88 bits per heavy atom. The van der Waals surface area contributed by atoms with Crippen molar-refractivity contribution in [3.05, 3.63) is 11.6 Å². The summed E-state index contributed by atoms with van der Waals surface area (Å²) in [7, 11) is 0. The molecule has 0 atom stereocenters. The number of amides is 1. The predicted molar refractivity (Wildman–Crippen MR) is 60.8 cm³/mol. The Morgan fingerprint density at radius 2 is 2.31 bits per heavy atom. The van der Waals surface area contributed by atoms with E-state index in [-0.39, 0.29) is 6.09 Å². The number of carbonyl (C=O) groups is 1. The molecule has 0 aromatic rings. The van der Waals surface area contributed by atoms with Crippen LogP contribution in [0.1, 0.15) is 27.2 Å². The smallest absolute Gasteiger partial charge is 0.410 e. The lowest BCUT2D eigenvalue weighted by atomic mass is 10.1. The Balaban J connectivity index is 2.57. The van der Waals surface area contributed by atoms with Crippen LogP contribution in [0.25, 0.3) is 0 Å². The van der Waals surface area contributed by atoms with E-state index in [0.717, 1.165) is 12.0 Å². The molecule has 0 fully saturated rings. The zero-order chi connectivity index (χ0) is 12.2. The second-order valence-corrected chi connectivity index (χ2v) is 4.71. The lowest BCUT2D eigenvalue weighted by molar-refractivity contribution is 0.0265. The van der Waals surface area contributed by atoms with Crippen molar-refractivity contribution in [2.24, 2.45) is 5.16 Å². The van der Waals surface area contributed by atoms with Crippen LogP contribution in [-0.4, -0.2) is 41.1 Å². The quantitative estimate of drug-likeness (QED) is 0.422. The highest BCUT2D eigenvalue weighted by atomic mass is 16.6. The van der Waals surface area contributed by atoms with Crippen molar-refractivity contribution < 1.29 is 14.7 Å². The summed E-state index contributed by atoms with van der Waals surface area (Å²) in [5.74, 6) is 0. The Morgan fingerprint density at radius 1 is 1.62 bits per heavy atom. The molecule has 0 saturated heterocycles. The number of hydrogen-bond donors (Lipinski definition) is 1. The molecule has 90 valence electrons. The van der Waals surface area contributed by atoms with E-state index < -0.39 is 5.60 Å². The van der Waals surface area contributed by atoms with E-state index in [1.807, 2.05) is 26.8 Å². The first-order valence-corrected chi connectivity index (χ1v) is 5.27. The molecule has 1 aliphatic heterocycles. The van der Waals surface area contributed by atoms with Crippen molar-refractivity contribution in [2.45, 2.75) is 32.8 Å². The monoisotopic (exact) mass is 226 g/mol. The molecular formula is C11H18N2O3. The molecule has 1 rings (SSSR count). The Labute approximate surface area is 95.4 Å². The minimum atomic E-state index is -0.483. The molecule has 0 saturated carbocycles. The molecule has 16 heavy (non-hydrogen) atoms. The third-order valence-corrected chi connectivity index (χ3v) is 2.05. The van der Waals surface area contributed by atoms with Crippen molar-refractivity contribution in [1.82, 2.24) is 4.90 Å². The van der Waals surface area contributed by atoms with Crippen LogP contribution in [0.5, 0.6) is 0 Å². The highest BCUT2D eigenvalue weighted by Crippen LogP contribution is 2.14. The van der Waals surface area contributed by atoms with Gasteiger partial charge in [0, 0.05) is 6.54 Å². The van der Waals surface area contributed by atoms with E-state index in [1.54, 1.807) is 4.90 Å². The van der Waals surface area contributed by atoms with Gasteiger partial charge in [0.1, 0.15) is 5.60 Å². The standard InChI is InChI=1S/C11H18N2O3/c1-11(2,3)16-10(14)13-6-4-5-9(8-13)7-12-15/h5,7,15H,4,6,8H2,1-3H3. The van der Waals surface area contributed by atoms with Gasteiger partial charge in [-0.25, -0.2) is 4.79 Å². The second-order valence-electron chi connectivity index (χ2n) is 4.71. The van der Waals surface area contributed by atoms with Gasteiger partial charge in [0.15, 0.2) is 0 Å². The molecule has 0 spiro atoms.